The number of carbonyl (C=O) groups excluding carboxylic acids is 3. The third kappa shape index (κ3) is 3.95. The highest BCUT2D eigenvalue weighted by molar-refractivity contribution is 6.01. The number of nitrogens with one attached hydrogen (secondary N) is 2. The highest BCUT2D eigenvalue weighted by atomic mass is 19.1. The van der Waals surface area contributed by atoms with Gasteiger partial charge in [0.15, 0.2) is 0 Å². The summed E-state index contributed by atoms with van der Waals surface area (Å²) in [4.78, 5) is 37.9. The van der Waals surface area contributed by atoms with Crippen molar-refractivity contribution in [1.29, 1.82) is 0 Å². The van der Waals surface area contributed by atoms with Crippen molar-refractivity contribution in [2.45, 2.75) is 38.1 Å². The van der Waals surface area contributed by atoms with E-state index in [1.807, 2.05) is 0 Å². The van der Waals surface area contributed by atoms with E-state index in [4.69, 9.17) is 4.74 Å². The molecule has 1 fully saturated rings. The third-order valence-electron chi connectivity index (χ3n) is 4.74. The molecule has 2 aliphatic rings. The monoisotopic (exact) mass is 363 g/mol. The highest BCUT2D eigenvalue weighted by Crippen LogP contribution is 2.33. The number of piperidine rings is 1. The van der Waals surface area contributed by atoms with Crippen LogP contribution in [0.2, 0.25) is 0 Å². The maximum absolute atomic E-state index is 13.6. The lowest BCUT2D eigenvalue weighted by atomic mass is 9.89. The lowest BCUT2D eigenvalue weighted by molar-refractivity contribution is -0.127. The van der Waals surface area contributed by atoms with Gasteiger partial charge in [0.2, 0.25) is 11.8 Å². The maximum atomic E-state index is 13.6. The van der Waals surface area contributed by atoms with E-state index in [-0.39, 0.29) is 30.4 Å². The van der Waals surface area contributed by atoms with Crippen molar-refractivity contribution in [1.82, 2.24) is 10.2 Å². The molecule has 0 unspecified atom stereocenters. The number of halogens is 1. The van der Waals surface area contributed by atoms with Crippen LogP contribution in [0.25, 0.3) is 0 Å². The maximum Gasteiger partial charge on any atom is 0.409 e. The van der Waals surface area contributed by atoms with E-state index >= 15 is 0 Å². The Bertz CT molecular complexity index is 716. The molecule has 1 aromatic rings. The van der Waals surface area contributed by atoms with Gasteiger partial charge in [-0.15, -0.1) is 0 Å². The van der Waals surface area contributed by atoms with E-state index in [1.54, 1.807) is 11.8 Å². The molecule has 8 heteroatoms. The standard InChI is InChI=1S/C18H22FN3O4/c1-2-26-18(25)22-7-5-12(6-8-22)20-17(24)14-10-16(23)21-15-4-3-11(19)9-13(14)15/h3-4,9,12,14H,2,5-8,10H2,1H3,(H,20,24)(H,21,23)/t14-/m1/s1. The number of hydrogen-bond donors (Lipinski definition) is 2. The molecule has 3 amide bonds. The Balaban J connectivity index is 1.62. The number of hydrogen-bond acceptors (Lipinski definition) is 4. The molecular formula is C18H22FN3O4. The highest BCUT2D eigenvalue weighted by Gasteiger charge is 2.33. The molecular weight excluding hydrogens is 341 g/mol. The first-order valence-corrected chi connectivity index (χ1v) is 8.79. The van der Waals surface area contributed by atoms with Gasteiger partial charge in [0.05, 0.1) is 12.5 Å². The lowest BCUT2D eigenvalue weighted by Gasteiger charge is -2.33. The Kier molecular flexibility index (Phi) is 5.39. The summed E-state index contributed by atoms with van der Waals surface area (Å²) in [5.41, 5.74) is 0.964. The number of benzene rings is 1. The summed E-state index contributed by atoms with van der Waals surface area (Å²) in [6.07, 6.45) is 0.869. The molecule has 140 valence electrons. The van der Waals surface area contributed by atoms with Gasteiger partial charge >= 0.3 is 6.09 Å². The number of fused-ring (bicyclic) bond motifs is 1. The zero-order chi connectivity index (χ0) is 18.7. The summed E-state index contributed by atoms with van der Waals surface area (Å²) in [7, 11) is 0. The molecule has 7 nitrogen and oxygen atoms in total. The minimum absolute atomic E-state index is 0.00996. The van der Waals surface area contributed by atoms with Gasteiger partial charge in [0, 0.05) is 31.2 Å². The smallest absolute Gasteiger partial charge is 0.409 e. The average Bonchev–Trinajstić information content (AvgIpc) is 2.62. The summed E-state index contributed by atoms with van der Waals surface area (Å²) in [6.45, 7) is 3.08. The molecule has 2 heterocycles. The zero-order valence-corrected chi connectivity index (χ0v) is 14.6. The number of anilines is 1. The van der Waals surface area contributed by atoms with Crippen LogP contribution in [0, 0.1) is 5.82 Å². The van der Waals surface area contributed by atoms with E-state index < -0.39 is 11.7 Å². The fourth-order valence-corrected chi connectivity index (χ4v) is 3.39. The summed E-state index contributed by atoms with van der Waals surface area (Å²) in [5, 5.41) is 5.60. The fourth-order valence-electron chi connectivity index (χ4n) is 3.39. The second kappa shape index (κ2) is 7.72. The quantitative estimate of drug-likeness (QED) is 0.860. The van der Waals surface area contributed by atoms with Gasteiger partial charge in [-0.05, 0) is 43.5 Å². The van der Waals surface area contributed by atoms with Gasteiger partial charge in [0.1, 0.15) is 5.82 Å². The summed E-state index contributed by atoms with van der Waals surface area (Å²) in [6, 6.07) is 3.93. The van der Waals surface area contributed by atoms with Crippen LogP contribution in [0.4, 0.5) is 14.9 Å². The molecule has 1 aromatic carbocycles. The fraction of sp³-hybridized carbons (Fsp3) is 0.500. The molecule has 0 aliphatic carbocycles. The minimum atomic E-state index is -0.711. The molecule has 1 saturated heterocycles. The largest absolute Gasteiger partial charge is 0.450 e. The third-order valence-corrected chi connectivity index (χ3v) is 4.74. The van der Waals surface area contributed by atoms with Crippen LogP contribution in [0.15, 0.2) is 18.2 Å². The normalized spacial score (nSPS) is 20.2. The topological polar surface area (TPSA) is 87.7 Å². The average molecular weight is 363 g/mol. The SMILES string of the molecule is CCOC(=O)N1CCC(NC(=O)[C@@H]2CC(=O)Nc3ccc(F)cc32)CC1. The Labute approximate surface area is 150 Å². The van der Waals surface area contributed by atoms with Crippen molar-refractivity contribution < 1.29 is 23.5 Å². The molecule has 0 bridgehead atoms. The van der Waals surface area contributed by atoms with Gasteiger partial charge in [0.25, 0.3) is 0 Å². The summed E-state index contributed by atoms with van der Waals surface area (Å²) in [5.74, 6) is -1.71. The van der Waals surface area contributed by atoms with Crippen LogP contribution >= 0.6 is 0 Å². The van der Waals surface area contributed by atoms with Crippen molar-refractivity contribution in [3.63, 3.8) is 0 Å². The first kappa shape index (κ1) is 18.2. The zero-order valence-electron chi connectivity index (χ0n) is 14.6. The molecule has 0 aromatic heterocycles. The predicted molar refractivity (Wildman–Crippen MR) is 92.1 cm³/mol. The van der Waals surface area contributed by atoms with Crippen LogP contribution in [0.5, 0.6) is 0 Å². The van der Waals surface area contributed by atoms with Gasteiger partial charge in [-0.2, -0.15) is 0 Å². The summed E-state index contributed by atoms with van der Waals surface area (Å²) >= 11 is 0. The molecule has 2 N–H and O–H groups in total. The van der Waals surface area contributed by atoms with E-state index in [0.717, 1.165) is 0 Å². The Morgan fingerprint density at radius 1 is 1.35 bits per heavy atom. The van der Waals surface area contributed by atoms with Crippen molar-refractivity contribution in [2.75, 3.05) is 25.0 Å². The van der Waals surface area contributed by atoms with Crippen LogP contribution in [-0.4, -0.2) is 48.5 Å². The molecule has 0 radical (unpaired) electrons. The van der Waals surface area contributed by atoms with Crippen molar-refractivity contribution in [3.8, 4) is 0 Å². The molecule has 0 spiro atoms. The number of amides is 3. The van der Waals surface area contributed by atoms with Crippen molar-refractivity contribution >= 4 is 23.6 Å². The van der Waals surface area contributed by atoms with Crippen molar-refractivity contribution in [2.24, 2.45) is 0 Å². The Morgan fingerprint density at radius 3 is 2.77 bits per heavy atom. The Morgan fingerprint density at radius 2 is 2.08 bits per heavy atom. The van der Waals surface area contributed by atoms with Crippen LogP contribution in [-0.2, 0) is 14.3 Å². The molecule has 2 aliphatic heterocycles. The Hall–Kier alpha value is -2.64. The van der Waals surface area contributed by atoms with Gasteiger partial charge in [-0.25, -0.2) is 9.18 Å². The minimum Gasteiger partial charge on any atom is -0.450 e. The second-order valence-electron chi connectivity index (χ2n) is 6.51. The van der Waals surface area contributed by atoms with Crippen LogP contribution < -0.4 is 10.6 Å². The van der Waals surface area contributed by atoms with E-state index in [0.29, 0.717) is 43.8 Å². The predicted octanol–water partition coefficient (Wildman–Crippen LogP) is 1.99. The molecule has 3 rings (SSSR count). The van der Waals surface area contributed by atoms with Crippen LogP contribution in [0.1, 0.15) is 37.7 Å². The first-order valence-electron chi connectivity index (χ1n) is 8.79. The van der Waals surface area contributed by atoms with E-state index in [1.165, 1.54) is 18.2 Å². The van der Waals surface area contributed by atoms with E-state index in [9.17, 15) is 18.8 Å². The number of rotatable bonds is 3. The molecule has 26 heavy (non-hydrogen) atoms. The number of ether oxygens (including phenoxy) is 1. The molecule has 1 atom stereocenters. The second-order valence-corrected chi connectivity index (χ2v) is 6.51. The van der Waals surface area contributed by atoms with Crippen LogP contribution in [0.3, 0.4) is 0 Å². The number of likely N-dealkylation sites (tertiary alicyclic amines) is 1. The first-order chi connectivity index (χ1) is 12.5. The van der Waals surface area contributed by atoms with Gasteiger partial charge in [-0.3, -0.25) is 9.59 Å². The van der Waals surface area contributed by atoms with Crippen molar-refractivity contribution in [3.05, 3.63) is 29.6 Å². The number of carbonyl (C=O) groups is 3. The van der Waals surface area contributed by atoms with Gasteiger partial charge < -0.3 is 20.3 Å². The van der Waals surface area contributed by atoms with Gasteiger partial charge in [-0.1, -0.05) is 0 Å². The molecule has 0 saturated carbocycles. The summed E-state index contributed by atoms with van der Waals surface area (Å²) < 4.78 is 18.5. The lowest BCUT2D eigenvalue weighted by Crippen LogP contribution is -2.48. The number of nitrogens with zero attached hydrogens (tertiary/aromatic N) is 1. The van der Waals surface area contributed by atoms with E-state index in [2.05, 4.69) is 10.6 Å².